The van der Waals surface area contributed by atoms with Gasteiger partial charge in [-0.1, -0.05) is 41.1 Å². The topological polar surface area (TPSA) is 49.4 Å². The Morgan fingerprint density at radius 3 is 2.76 bits per heavy atom. The highest BCUT2D eigenvalue weighted by Gasteiger charge is 2.35. The number of aryl methyl sites for hydroxylation is 2. The minimum absolute atomic E-state index is 0.00794. The first kappa shape index (κ1) is 17.7. The van der Waals surface area contributed by atoms with Crippen molar-refractivity contribution in [3.8, 4) is 0 Å². The van der Waals surface area contributed by atoms with Gasteiger partial charge in [-0.3, -0.25) is 9.59 Å². The van der Waals surface area contributed by atoms with E-state index in [4.69, 9.17) is 0 Å². The van der Waals surface area contributed by atoms with Crippen molar-refractivity contribution in [2.45, 2.75) is 26.7 Å². The van der Waals surface area contributed by atoms with Crippen LogP contribution >= 0.6 is 15.9 Å². The van der Waals surface area contributed by atoms with E-state index in [1.54, 1.807) is 4.90 Å². The summed E-state index contributed by atoms with van der Waals surface area (Å²) < 4.78 is 0.974. The van der Waals surface area contributed by atoms with Gasteiger partial charge in [0.05, 0.1) is 5.92 Å². The van der Waals surface area contributed by atoms with Crippen LogP contribution in [0.1, 0.15) is 24.5 Å². The first-order chi connectivity index (χ1) is 12.0. The maximum Gasteiger partial charge on any atom is 0.229 e. The molecule has 0 saturated carbocycles. The van der Waals surface area contributed by atoms with Gasteiger partial charge < -0.3 is 10.2 Å². The van der Waals surface area contributed by atoms with E-state index in [1.807, 2.05) is 49.4 Å². The van der Waals surface area contributed by atoms with Gasteiger partial charge in [-0.05, 0) is 48.7 Å². The molecule has 4 nitrogen and oxygen atoms in total. The zero-order valence-corrected chi connectivity index (χ0v) is 16.0. The number of carbonyl (C=O) groups excluding carboxylic acids is 2. The van der Waals surface area contributed by atoms with E-state index in [2.05, 4.69) is 28.2 Å². The Labute approximate surface area is 156 Å². The van der Waals surface area contributed by atoms with Gasteiger partial charge in [-0.15, -0.1) is 0 Å². The monoisotopic (exact) mass is 400 g/mol. The minimum Gasteiger partial charge on any atom is -0.326 e. The summed E-state index contributed by atoms with van der Waals surface area (Å²) in [5, 5.41) is 2.96. The summed E-state index contributed by atoms with van der Waals surface area (Å²) in [5.41, 5.74) is 3.82. The Morgan fingerprint density at radius 1 is 1.28 bits per heavy atom. The maximum absolute atomic E-state index is 12.6. The molecule has 1 heterocycles. The molecule has 1 fully saturated rings. The molecule has 2 amide bonds. The lowest BCUT2D eigenvalue weighted by molar-refractivity contribution is -0.122. The Kier molecular flexibility index (Phi) is 5.23. The van der Waals surface area contributed by atoms with E-state index >= 15 is 0 Å². The second kappa shape index (κ2) is 7.40. The fourth-order valence-electron chi connectivity index (χ4n) is 3.19. The summed E-state index contributed by atoms with van der Waals surface area (Å²) in [6, 6.07) is 13.6. The summed E-state index contributed by atoms with van der Waals surface area (Å²) in [6.07, 6.45) is 1.11. The fraction of sp³-hybridized carbons (Fsp3) is 0.300. The first-order valence-corrected chi connectivity index (χ1v) is 9.24. The molecule has 0 bridgehead atoms. The number of halogens is 1. The van der Waals surface area contributed by atoms with Crippen LogP contribution in [0.5, 0.6) is 0 Å². The average Bonchev–Trinajstić information content (AvgIpc) is 2.99. The molecular weight excluding hydrogens is 380 g/mol. The van der Waals surface area contributed by atoms with Crippen molar-refractivity contribution >= 4 is 39.1 Å². The minimum atomic E-state index is -0.333. The van der Waals surface area contributed by atoms with E-state index in [0.29, 0.717) is 6.54 Å². The fourth-order valence-corrected chi connectivity index (χ4v) is 3.67. The van der Waals surface area contributed by atoms with Crippen molar-refractivity contribution in [2.75, 3.05) is 16.8 Å². The molecule has 0 spiro atoms. The largest absolute Gasteiger partial charge is 0.326 e. The molecule has 0 unspecified atom stereocenters. The van der Waals surface area contributed by atoms with Crippen LogP contribution < -0.4 is 10.2 Å². The van der Waals surface area contributed by atoms with Crippen LogP contribution in [0, 0.1) is 12.8 Å². The van der Waals surface area contributed by atoms with Crippen LogP contribution in [-0.2, 0) is 16.0 Å². The lowest BCUT2D eigenvalue weighted by Gasteiger charge is -2.20. The molecule has 130 valence electrons. The van der Waals surface area contributed by atoms with Crippen molar-refractivity contribution in [1.29, 1.82) is 0 Å². The molecule has 1 saturated heterocycles. The number of para-hydroxylation sites is 1. The van der Waals surface area contributed by atoms with E-state index in [1.165, 1.54) is 0 Å². The van der Waals surface area contributed by atoms with Gasteiger partial charge in [-0.2, -0.15) is 0 Å². The summed E-state index contributed by atoms with van der Waals surface area (Å²) >= 11 is 3.42. The Hall–Kier alpha value is -2.14. The van der Waals surface area contributed by atoms with Crippen molar-refractivity contribution in [1.82, 2.24) is 0 Å². The van der Waals surface area contributed by atoms with Gasteiger partial charge in [-0.25, -0.2) is 0 Å². The highest BCUT2D eigenvalue weighted by Crippen LogP contribution is 2.29. The number of nitrogens with one attached hydrogen (secondary N) is 1. The lowest BCUT2D eigenvalue weighted by atomic mass is 10.1. The maximum atomic E-state index is 12.6. The van der Waals surface area contributed by atoms with E-state index in [-0.39, 0.29) is 24.2 Å². The highest BCUT2D eigenvalue weighted by molar-refractivity contribution is 9.10. The normalized spacial score (nSPS) is 17.0. The molecule has 1 atom stereocenters. The van der Waals surface area contributed by atoms with Gasteiger partial charge in [0.15, 0.2) is 0 Å². The molecule has 3 rings (SSSR count). The number of hydrogen-bond donors (Lipinski definition) is 1. The summed E-state index contributed by atoms with van der Waals surface area (Å²) in [5.74, 6) is -0.427. The van der Waals surface area contributed by atoms with Crippen LogP contribution in [0.3, 0.4) is 0 Å². The highest BCUT2D eigenvalue weighted by atomic mass is 79.9. The van der Waals surface area contributed by atoms with Crippen LogP contribution in [0.4, 0.5) is 11.4 Å². The predicted molar refractivity (Wildman–Crippen MR) is 104 cm³/mol. The third-order valence-corrected chi connectivity index (χ3v) is 5.10. The van der Waals surface area contributed by atoms with Crippen LogP contribution in [-0.4, -0.2) is 18.4 Å². The molecule has 1 aliphatic rings. The van der Waals surface area contributed by atoms with Gasteiger partial charge in [0, 0.05) is 28.8 Å². The zero-order chi connectivity index (χ0) is 18.0. The van der Waals surface area contributed by atoms with Crippen molar-refractivity contribution in [2.24, 2.45) is 5.92 Å². The van der Waals surface area contributed by atoms with Gasteiger partial charge in [0.1, 0.15) is 0 Å². The number of rotatable bonds is 4. The molecule has 0 aliphatic carbocycles. The number of hydrogen-bond acceptors (Lipinski definition) is 2. The van der Waals surface area contributed by atoms with Gasteiger partial charge >= 0.3 is 0 Å². The molecule has 2 aromatic rings. The molecule has 1 N–H and O–H groups in total. The smallest absolute Gasteiger partial charge is 0.229 e. The summed E-state index contributed by atoms with van der Waals surface area (Å²) in [7, 11) is 0. The predicted octanol–water partition coefficient (Wildman–Crippen LogP) is 4.31. The molecule has 2 aromatic carbocycles. The second-order valence-electron chi connectivity index (χ2n) is 6.34. The number of nitrogens with zero attached hydrogens (tertiary/aromatic N) is 1. The third-order valence-electron chi connectivity index (χ3n) is 4.61. The number of benzene rings is 2. The second-order valence-corrected chi connectivity index (χ2v) is 7.25. The average molecular weight is 401 g/mol. The Bertz CT molecular complexity index is 819. The molecule has 5 heteroatoms. The number of amides is 2. The van der Waals surface area contributed by atoms with Gasteiger partial charge in [0.25, 0.3) is 0 Å². The summed E-state index contributed by atoms with van der Waals surface area (Å²) in [4.78, 5) is 26.8. The standard InChI is InChI=1S/C20H21BrN2O2/c1-3-14-6-4-5-7-18(14)23-12-15(11-19(23)24)20(25)22-17-9-8-16(21)10-13(17)2/h4-10,15H,3,11-12H2,1-2H3,(H,22,25)/t15-/m1/s1. The van der Waals surface area contributed by atoms with Gasteiger partial charge in [0.2, 0.25) is 11.8 Å². The Morgan fingerprint density at radius 2 is 2.04 bits per heavy atom. The van der Waals surface area contributed by atoms with E-state index < -0.39 is 0 Å². The molecule has 0 radical (unpaired) electrons. The van der Waals surface area contributed by atoms with E-state index in [0.717, 1.165) is 33.4 Å². The third kappa shape index (κ3) is 3.76. The quantitative estimate of drug-likeness (QED) is 0.830. The number of anilines is 2. The van der Waals surface area contributed by atoms with Crippen molar-refractivity contribution < 1.29 is 9.59 Å². The van der Waals surface area contributed by atoms with Crippen LogP contribution in [0.15, 0.2) is 46.9 Å². The first-order valence-electron chi connectivity index (χ1n) is 8.45. The molecule has 0 aromatic heterocycles. The van der Waals surface area contributed by atoms with E-state index in [9.17, 15) is 9.59 Å². The van der Waals surface area contributed by atoms with Crippen LogP contribution in [0.2, 0.25) is 0 Å². The SMILES string of the molecule is CCc1ccccc1N1C[C@H](C(=O)Nc2ccc(Br)cc2C)CC1=O. The van der Waals surface area contributed by atoms with Crippen molar-refractivity contribution in [3.63, 3.8) is 0 Å². The summed E-state index contributed by atoms with van der Waals surface area (Å²) in [6.45, 7) is 4.45. The number of carbonyl (C=O) groups is 2. The molecule has 25 heavy (non-hydrogen) atoms. The van der Waals surface area contributed by atoms with Crippen molar-refractivity contribution in [3.05, 3.63) is 58.1 Å². The van der Waals surface area contributed by atoms with Crippen LogP contribution in [0.25, 0.3) is 0 Å². The molecular formula is C20H21BrN2O2. The molecule has 1 aliphatic heterocycles. The lowest BCUT2D eigenvalue weighted by Crippen LogP contribution is -2.28. The Balaban J connectivity index is 1.74. The zero-order valence-electron chi connectivity index (χ0n) is 14.4.